The number of carbonyl (C=O) groups is 1. The number of amides is 1. The van der Waals surface area contributed by atoms with Gasteiger partial charge in [-0.05, 0) is 26.0 Å². The highest BCUT2D eigenvalue weighted by molar-refractivity contribution is 14.0. The molecule has 154 valence electrons. The summed E-state index contributed by atoms with van der Waals surface area (Å²) in [5, 5.41) is 3.20. The molecule has 1 amide bonds. The maximum atomic E-state index is 12.3. The van der Waals surface area contributed by atoms with Crippen molar-refractivity contribution in [1.29, 1.82) is 0 Å². The molecule has 11 heteroatoms. The zero-order valence-electron chi connectivity index (χ0n) is 16.1. The Hall–Kier alpha value is -1.34. The topological polar surface area (TPSA) is 107 Å². The molecule has 0 atom stereocenters. The highest BCUT2D eigenvalue weighted by Gasteiger charge is 2.27. The van der Waals surface area contributed by atoms with Crippen LogP contribution < -0.4 is 10.0 Å². The van der Waals surface area contributed by atoms with Gasteiger partial charge in [0.05, 0.1) is 12.5 Å². The summed E-state index contributed by atoms with van der Waals surface area (Å²) in [6.45, 7) is 6.37. The van der Waals surface area contributed by atoms with Crippen LogP contribution in [0.1, 0.15) is 24.4 Å². The van der Waals surface area contributed by atoms with E-state index in [2.05, 4.69) is 15.0 Å². The highest BCUT2D eigenvalue weighted by atomic mass is 127. The first-order valence-corrected chi connectivity index (χ1v) is 10.3. The molecular formula is C16H28IN5O4S. The second-order valence-corrected chi connectivity index (χ2v) is 8.66. The van der Waals surface area contributed by atoms with Gasteiger partial charge in [-0.1, -0.05) is 0 Å². The van der Waals surface area contributed by atoms with Gasteiger partial charge in [0, 0.05) is 45.3 Å². The van der Waals surface area contributed by atoms with Gasteiger partial charge in [0.25, 0.3) is 5.91 Å². The Bertz CT molecular complexity index is 741. The smallest absolute Gasteiger partial charge is 0.289 e. The van der Waals surface area contributed by atoms with Crippen molar-refractivity contribution in [3.05, 3.63) is 24.2 Å². The number of guanidine groups is 1. The van der Waals surface area contributed by atoms with Gasteiger partial charge in [-0.15, -0.1) is 24.0 Å². The van der Waals surface area contributed by atoms with E-state index >= 15 is 0 Å². The summed E-state index contributed by atoms with van der Waals surface area (Å²) >= 11 is 0. The SMILES string of the molecule is CN=C(NCC(C)(C)NS(C)(=O)=O)N1CCN(C(=O)c2ccco2)CC1.I. The number of hydrogen-bond acceptors (Lipinski definition) is 5. The maximum Gasteiger partial charge on any atom is 0.289 e. The number of rotatable bonds is 5. The monoisotopic (exact) mass is 513 g/mol. The van der Waals surface area contributed by atoms with Crippen LogP contribution in [0.5, 0.6) is 0 Å². The van der Waals surface area contributed by atoms with Crippen LogP contribution in [-0.2, 0) is 10.0 Å². The van der Waals surface area contributed by atoms with E-state index in [0.29, 0.717) is 44.4 Å². The summed E-state index contributed by atoms with van der Waals surface area (Å²) in [4.78, 5) is 20.4. The maximum absolute atomic E-state index is 12.3. The van der Waals surface area contributed by atoms with Crippen molar-refractivity contribution >= 4 is 45.9 Å². The molecular weight excluding hydrogens is 485 g/mol. The predicted octanol–water partition coefficient (Wildman–Crippen LogP) is 0.559. The van der Waals surface area contributed by atoms with Gasteiger partial charge in [0.15, 0.2) is 11.7 Å². The minimum atomic E-state index is -3.30. The number of carbonyl (C=O) groups excluding carboxylic acids is 1. The third-order valence-corrected chi connectivity index (χ3v) is 4.88. The van der Waals surface area contributed by atoms with Crippen molar-refractivity contribution < 1.29 is 17.6 Å². The fourth-order valence-electron chi connectivity index (χ4n) is 2.85. The Morgan fingerprint density at radius 2 is 1.85 bits per heavy atom. The Kier molecular flexibility index (Phi) is 8.54. The molecule has 2 N–H and O–H groups in total. The second kappa shape index (κ2) is 9.73. The summed E-state index contributed by atoms with van der Waals surface area (Å²) < 4.78 is 30.6. The van der Waals surface area contributed by atoms with Crippen molar-refractivity contribution in [3.63, 3.8) is 0 Å². The lowest BCUT2D eigenvalue weighted by molar-refractivity contribution is 0.0657. The largest absolute Gasteiger partial charge is 0.459 e. The van der Waals surface area contributed by atoms with Gasteiger partial charge in [-0.3, -0.25) is 9.79 Å². The van der Waals surface area contributed by atoms with Crippen LogP contribution in [0.25, 0.3) is 0 Å². The molecule has 1 saturated heterocycles. The lowest BCUT2D eigenvalue weighted by Crippen LogP contribution is -2.57. The van der Waals surface area contributed by atoms with Crippen LogP contribution in [0.15, 0.2) is 27.8 Å². The van der Waals surface area contributed by atoms with E-state index < -0.39 is 15.6 Å². The molecule has 1 aromatic heterocycles. The highest BCUT2D eigenvalue weighted by Crippen LogP contribution is 2.10. The molecule has 0 bridgehead atoms. The van der Waals surface area contributed by atoms with Crippen LogP contribution in [-0.4, -0.2) is 81.7 Å². The van der Waals surface area contributed by atoms with Gasteiger partial charge in [0.2, 0.25) is 10.0 Å². The molecule has 1 aliphatic heterocycles. The minimum absolute atomic E-state index is 0. The predicted molar refractivity (Wildman–Crippen MR) is 115 cm³/mol. The number of nitrogens with one attached hydrogen (secondary N) is 2. The molecule has 1 fully saturated rings. The summed E-state index contributed by atoms with van der Waals surface area (Å²) in [6.07, 6.45) is 2.63. The average Bonchev–Trinajstić information content (AvgIpc) is 3.07. The van der Waals surface area contributed by atoms with E-state index in [9.17, 15) is 13.2 Å². The molecule has 0 aromatic carbocycles. The first-order chi connectivity index (χ1) is 12.1. The van der Waals surface area contributed by atoms with E-state index in [-0.39, 0.29) is 29.9 Å². The lowest BCUT2D eigenvalue weighted by Gasteiger charge is -2.37. The van der Waals surface area contributed by atoms with Crippen molar-refractivity contribution in [2.45, 2.75) is 19.4 Å². The van der Waals surface area contributed by atoms with E-state index in [0.717, 1.165) is 6.26 Å². The molecule has 0 spiro atoms. The molecule has 0 saturated carbocycles. The first-order valence-electron chi connectivity index (χ1n) is 8.39. The van der Waals surface area contributed by atoms with Crippen molar-refractivity contribution in [1.82, 2.24) is 19.8 Å². The standard InChI is InChI=1S/C16H27N5O4S.HI/c1-16(2,19-26(4,23)24)12-18-15(17-3)21-9-7-20(8-10-21)14(22)13-6-5-11-25-13;/h5-6,11,19H,7-10,12H2,1-4H3,(H,17,18);1H. The Balaban J connectivity index is 0.00000364. The summed E-state index contributed by atoms with van der Waals surface area (Å²) in [7, 11) is -1.62. The van der Waals surface area contributed by atoms with E-state index in [4.69, 9.17) is 4.42 Å². The number of furan rings is 1. The van der Waals surface area contributed by atoms with Crippen LogP contribution >= 0.6 is 24.0 Å². The van der Waals surface area contributed by atoms with E-state index in [1.165, 1.54) is 6.26 Å². The fraction of sp³-hybridized carbons (Fsp3) is 0.625. The molecule has 0 aliphatic carbocycles. The van der Waals surface area contributed by atoms with Crippen molar-refractivity contribution in [2.75, 3.05) is 46.0 Å². The summed E-state index contributed by atoms with van der Waals surface area (Å²) in [5.74, 6) is 0.907. The van der Waals surface area contributed by atoms with Crippen molar-refractivity contribution in [3.8, 4) is 0 Å². The zero-order chi connectivity index (χ0) is 19.4. The normalized spacial score (nSPS) is 16.1. The average molecular weight is 513 g/mol. The molecule has 1 aromatic rings. The molecule has 2 heterocycles. The number of halogens is 1. The number of aliphatic imine (C=N–C) groups is 1. The second-order valence-electron chi connectivity index (χ2n) is 6.92. The van der Waals surface area contributed by atoms with Crippen LogP contribution in [0.3, 0.4) is 0 Å². The van der Waals surface area contributed by atoms with Crippen LogP contribution in [0, 0.1) is 0 Å². The minimum Gasteiger partial charge on any atom is -0.459 e. The van der Waals surface area contributed by atoms with Gasteiger partial charge >= 0.3 is 0 Å². The molecule has 2 rings (SSSR count). The summed E-state index contributed by atoms with van der Waals surface area (Å²) in [6, 6.07) is 3.35. The third-order valence-electron chi connectivity index (χ3n) is 3.96. The molecule has 0 unspecified atom stereocenters. The van der Waals surface area contributed by atoms with E-state index in [1.54, 1.807) is 37.9 Å². The fourth-order valence-corrected chi connectivity index (χ4v) is 3.92. The third kappa shape index (κ3) is 7.30. The van der Waals surface area contributed by atoms with Crippen molar-refractivity contribution in [2.24, 2.45) is 4.99 Å². The van der Waals surface area contributed by atoms with Gasteiger partial charge in [0.1, 0.15) is 0 Å². The van der Waals surface area contributed by atoms with E-state index in [1.807, 2.05) is 4.90 Å². The lowest BCUT2D eigenvalue weighted by atomic mass is 10.1. The molecule has 1 aliphatic rings. The molecule has 9 nitrogen and oxygen atoms in total. The number of sulfonamides is 1. The zero-order valence-corrected chi connectivity index (χ0v) is 19.2. The van der Waals surface area contributed by atoms with Crippen LogP contribution in [0.2, 0.25) is 0 Å². The number of hydrogen-bond donors (Lipinski definition) is 2. The first kappa shape index (κ1) is 23.7. The van der Waals surface area contributed by atoms with Gasteiger partial charge < -0.3 is 19.5 Å². The number of piperazine rings is 1. The van der Waals surface area contributed by atoms with Gasteiger partial charge in [-0.25, -0.2) is 13.1 Å². The quantitative estimate of drug-likeness (QED) is 0.339. The Labute approximate surface area is 177 Å². The molecule has 0 radical (unpaired) electrons. The summed E-state index contributed by atoms with van der Waals surface area (Å²) in [5.41, 5.74) is -0.652. The Morgan fingerprint density at radius 1 is 1.26 bits per heavy atom. The van der Waals surface area contributed by atoms with Crippen LogP contribution in [0.4, 0.5) is 0 Å². The molecule has 27 heavy (non-hydrogen) atoms. The Morgan fingerprint density at radius 3 is 2.33 bits per heavy atom. The van der Waals surface area contributed by atoms with Gasteiger partial charge in [-0.2, -0.15) is 0 Å². The number of nitrogens with zero attached hydrogens (tertiary/aromatic N) is 3.